The molecule has 150 valence electrons. The summed E-state index contributed by atoms with van der Waals surface area (Å²) in [6.45, 7) is 3.46. The number of benzene rings is 3. The first-order chi connectivity index (χ1) is 14.0. The third kappa shape index (κ3) is 5.27. The molecular weight excluding hydrogens is 370 g/mol. The van der Waals surface area contributed by atoms with E-state index in [4.69, 9.17) is 0 Å². The Morgan fingerprint density at radius 3 is 1.90 bits per heavy atom. The van der Waals surface area contributed by atoms with Crippen molar-refractivity contribution in [3.63, 3.8) is 0 Å². The van der Waals surface area contributed by atoms with Gasteiger partial charge < -0.3 is 5.32 Å². The number of hydrogen-bond donors (Lipinski definition) is 2. The molecule has 0 aliphatic heterocycles. The summed E-state index contributed by atoms with van der Waals surface area (Å²) in [5.74, 6) is -1.47. The SMILES string of the molecule is C[C@@H](N[C@H](C)c1ccc(F)cc1F)C(=O)NC(c1ccccc1)c1ccccc1. The van der Waals surface area contributed by atoms with Crippen molar-refractivity contribution in [3.8, 4) is 0 Å². The smallest absolute Gasteiger partial charge is 0.237 e. The van der Waals surface area contributed by atoms with Crippen LogP contribution in [0.4, 0.5) is 8.78 Å². The molecule has 2 atom stereocenters. The van der Waals surface area contributed by atoms with Crippen molar-refractivity contribution in [2.75, 3.05) is 0 Å². The Hall–Kier alpha value is -3.05. The van der Waals surface area contributed by atoms with Gasteiger partial charge in [-0.25, -0.2) is 8.78 Å². The highest BCUT2D eigenvalue weighted by Crippen LogP contribution is 2.22. The molecular formula is C24H24F2N2O. The molecule has 5 heteroatoms. The van der Waals surface area contributed by atoms with E-state index in [-0.39, 0.29) is 11.9 Å². The first-order valence-electron chi connectivity index (χ1n) is 9.57. The van der Waals surface area contributed by atoms with Crippen molar-refractivity contribution >= 4 is 5.91 Å². The van der Waals surface area contributed by atoms with Crippen LogP contribution in [0.25, 0.3) is 0 Å². The first kappa shape index (κ1) is 20.7. The lowest BCUT2D eigenvalue weighted by molar-refractivity contribution is -0.123. The average molecular weight is 394 g/mol. The highest BCUT2D eigenvalue weighted by Gasteiger charge is 2.22. The summed E-state index contributed by atoms with van der Waals surface area (Å²) in [5.41, 5.74) is 2.25. The first-order valence-corrected chi connectivity index (χ1v) is 9.57. The highest BCUT2D eigenvalue weighted by molar-refractivity contribution is 5.82. The summed E-state index contributed by atoms with van der Waals surface area (Å²) in [6.07, 6.45) is 0. The van der Waals surface area contributed by atoms with E-state index < -0.39 is 23.7 Å². The second-order valence-electron chi connectivity index (χ2n) is 7.04. The largest absolute Gasteiger partial charge is 0.344 e. The summed E-state index contributed by atoms with van der Waals surface area (Å²) < 4.78 is 27.2. The molecule has 3 aromatic rings. The van der Waals surface area contributed by atoms with Gasteiger partial charge in [-0.2, -0.15) is 0 Å². The van der Waals surface area contributed by atoms with E-state index in [1.165, 1.54) is 12.1 Å². The van der Waals surface area contributed by atoms with Gasteiger partial charge in [0.15, 0.2) is 0 Å². The number of carbonyl (C=O) groups excluding carboxylic acids is 1. The molecule has 0 bridgehead atoms. The van der Waals surface area contributed by atoms with Crippen LogP contribution >= 0.6 is 0 Å². The van der Waals surface area contributed by atoms with Gasteiger partial charge in [0.2, 0.25) is 5.91 Å². The average Bonchev–Trinajstić information content (AvgIpc) is 2.73. The van der Waals surface area contributed by atoms with Gasteiger partial charge in [0, 0.05) is 17.7 Å². The van der Waals surface area contributed by atoms with E-state index in [0.717, 1.165) is 17.2 Å². The van der Waals surface area contributed by atoms with E-state index in [1.54, 1.807) is 13.8 Å². The molecule has 0 heterocycles. The Kier molecular flexibility index (Phi) is 6.73. The number of carbonyl (C=O) groups is 1. The maximum absolute atomic E-state index is 14.0. The number of halogens is 2. The van der Waals surface area contributed by atoms with Gasteiger partial charge in [0.25, 0.3) is 0 Å². The van der Waals surface area contributed by atoms with Crippen LogP contribution in [0.2, 0.25) is 0 Å². The van der Waals surface area contributed by atoms with E-state index >= 15 is 0 Å². The minimum atomic E-state index is -0.635. The van der Waals surface area contributed by atoms with Crippen LogP contribution in [0.3, 0.4) is 0 Å². The van der Waals surface area contributed by atoms with Crippen molar-refractivity contribution in [2.45, 2.75) is 32.0 Å². The van der Waals surface area contributed by atoms with Gasteiger partial charge in [-0.3, -0.25) is 10.1 Å². The van der Waals surface area contributed by atoms with Crippen LogP contribution in [0, 0.1) is 11.6 Å². The Morgan fingerprint density at radius 2 is 1.38 bits per heavy atom. The zero-order chi connectivity index (χ0) is 20.8. The quantitative estimate of drug-likeness (QED) is 0.598. The molecule has 0 aliphatic carbocycles. The summed E-state index contributed by atoms with van der Waals surface area (Å²) in [7, 11) is 0. The van der Waals surface area contributed by atoms with Crippen molar-refractivity contribution in [1.29, 1.82) is 0 Å². The second-order valence-corrected chi connectivity index (χ2v) is 7.04. The van der Waals surface area contributed by atoms with E-state index in [1.807, 2.05) is 60.7 Å². The fraction of sp³-hybridized carbons (Fsp3) is 0.208. The normalized spacial score (nSPS) is 13.1. The van der Waals surface area contributed by atoms with Crippen LogP contribution in [0.1, 0.15) is 42.6 Å². The zero-order valence-corrected chi connectivity index (χ0v) is 16.4. The molecule has 0 aromatic heterocycles. The van der Waals surface area contributed by atoms with Crippen LogP contribution in [0.5, 0.6) is 0 Å². The third-order valence-corrected chi connectivity index (χ3v) is 4.87. The lowest BCUT2D eigenvalue weighted by Crippen LogP contribution is -2.44. The highest BCUT2D eigenvalue weighted by atomic mass is 19.1. The maximum Gasteiger partial charge on any atom is 0.237 e. The van der Waals surface area contributed by atoms with Crippen molar-refractivity contribution in [2.24, 2.45) is 0 Å². The molecule has 0 radical (unpaired) electrons. The van der Waals surface area contributed by atoms with Crippen LogP contribution in [0.15, 0.2) is 78.9 Å². The molecule has 2 N–H and O–H groups in total. The third-order valence-electron chi connectivity index (χ3n) is 4.87. The summed E-state index contributed by atoms with van der Waals surface area (Å²) in [4.78, 5) is 12.9. The van der Waals surface area contributed by atoms with Gasteiger partial charge >= 0.3 is 0 Å². The lowest BCUT2D eigenvalue weighted by atomic mass is 9.98. The van der Waals surface area contributed by atoms with Crippen molar-refractivity contribution < 1.29 is 13.6 Å². The number of nitrogens with one attached hydrogen (secondary N) is 2. The Labute approximate surface area is 169 Å². The minimum Gasteiger partial charge on any atom is -0.344 e. The standard InChI is InChI=1S/C24H24F2N2O/c1-16(21-14-13-20(25)15-22(21)26)27-17(2)24(29)28-23(18-9-5-3-6-10-18)19-11-7-4-8-12-19/h3-17,23,27H,1-2H3,(H,28,29)/t16-,17-/m1/s1. The van der Waals surface area contributed by atoms with E-state index in [0.29, 0.717) is 5.56 Å². The van der Waals surface area contributed by atoms with Crippen LogP contribution < -0.4 is 10.6 Å². The molecule has 3 rings (SSSR count). The van der Waals surface area contributed by atoms with Crippen molar-refractivity contribution in [3.05, 3.63) is 107 Å². The number of hydrogen-bond acceptors (Lipinski definition) is 2. The zero-order valence-electron chi connectivity index (χ0n) is 16.4. The predicted molar refractivity (Wildman–Crippen MR) is 110 cm³/mol. The molecule has 0 unspecified atom stereocenters. The molecule has 0 saturated heterocycles. The topological polar surface area (TPSA) is 41.1 Å². The monoisotopic (exact) mass is 394 g/mol. The fourth-order valence-corrected chi connectivity index (χ4v) is 3.31. The lowest BCUT2D eigenvalue weighted by Gasteiger charge is -2.25. The van der Waals surface area contributed by atoms with E-state index in [2.05, 4.69) is 10.6 Å². The predicted octanol–water partition coefficient (Wildman–Crippen LogP) is 4.91. The molecule has 29 heavy (non-hydrogen) atoms. The Bertz CT molecular complexity index is 908. The van der Waals surface area contributed by atoms with Gasteiger partial charge in [0.05, 0.1) is 12.1 Å². The molecule has 0 spiro atoms. The van der Waals surface area contributed by atoms with Gasteiger partial charge in [-0.1, -0.05) is 66.7 Å². The molecule has 1 amide bonds. The van der Waals surface area contributed by atoms with Gasteiger partial charge in [-0.05, 0) is 31.0 Å². The number of rotatable bonds is 7. The molecule has 3 nitrogen and oxygen atoms in total. The summed E-state index contributed by atoms with van der Waals surface area (Å²) in [6, 6.07) is 21.5. The number of amides is 1. The molecule has 0 saturated carbocycles. The Morgan fingerprint density at radius 1 is 0.828 bits per heavy atom. The fourth-order valence-electron chi connectivity index (χ4n) is 3.31. The maximum atomic E-state index is 14.0. The summed E-state index contributed by atoms with van der Waals surface area (Å²) in [5, 5.41) is 6.16. The second kappa shape index (κ2) is 9.43. The Balaban J connectivity index is 1.73. The van der Waals surface area contributed by atoms with Gasteiger partial charge in [0.1, 0.15) is 11.6 Å². The van der Waals surface area contributed by atoms with Crippen molar-refractivity contribution in [1.82, 2.24) is 10.6 Å². The van der Waals surface area contributed by atoms with E-state index in [9.17, 15) is 13.6 Å². The molecule has 0 aliphatic rings. The van der Waals surface area contributed by atoms with Gasteiger partial charge in [-0.15, -0.1) is 0 Å². The molecule has 3 aromatic carbocycles. The summed E-state index contributed by atoms with van der Waals surface area (Å²) >= 11 is 0. The molecule has 0 fully saturated rings. The minimum absolute atomic E-state index is 0.211. The van der Waals surface area contributed by atoms with Crippen LogP contribution in [-0.4, -0.2) is 11.9 Å². The van der Waals surface area contributed by atoms with Crippen LogP contribution in [-0.2, 0) is 4.79 Å².